The predicted molar refractivity (Wildman–Crippen MR) is 82.0 cm³/mol. The molecule has 22 heavy (non-hydrogen) atoms. The van der Waals surface area contributed by atoms with E-state index in [9.17, 15) is 14.0 Å². The second-order valence-electron chi connectivity index (χ2n) is 6.29. The van der Waals surface area contributed by atoms with Crippen molar-refractivity contribution in [2.75, 3.05) is 24.5 Å². The van der Waals surface area contributed by atoms with E-state index in [-0.39, 0.29) is 5.82 Å². The maximum Gasteiger partial charge on any atom is 0.316 e. The van der Waals surface area contributed by atoms with Crippen LogP contribution in [0.1, 0.15) is 31.2 Å². The summed E-state index contributed by atoms with van der Waals surface area (Å²) in [7, 11) is 0. The van der Waals surface area contributed by atoms with Crippen LogP contribution < -0.4 is 4.90 Å². The summed E-state index contributed by atoms with van der Waals surface area (Å²) in [5.74, 6) is -0.835. The Morgan fingerprint density at radius 1 is 1.14 bits per heavy atom. The molecule has 0 spiro atoms. The van der Waals surface area contributed by atoms with Crippen LogP contribution in [0, 0.1) is 18.7 Å². The van der Waals surface area contributed by atoms with Crippen molar-refractivity contribution in [2.45, 2.75) is 32.6 Å². The zero-order chi connectivity index (χ0) is 15.7. The number of hydrogen-bond donors (Lipinski definition) is 0. The highest BCUT2D eigenvalue weighted by Crippen LogP contribution is 2.27. The quantitative estimate of drug-likeness (QED) is 0.805. The molecule has 2 amide bonds. The average molecular weight is 304 g/mol. The molecule has 1 heterocycles. The number of piperazine rings is 1. The van der Waals surface area contributed by atoms with E-state index in [1.807, 2.05) is 0 Å². The molecular formula is C17H21FN2O2. The van der Waals surface area contributed by atoms with E-state index in [1.165, 1.54) is 23.8 Å². The summed E-state index contributed by atoms with van der Waals surface area (Å²) < 4.78 is 13.7. The fourth-order valence-corrected chi connectivity index (χ4v) is 3.35. The topological polar surface area (TPSA) is 40.6 Å². The number of halogens is 1. The van der Waals surface area contributed by atoms with E-state index < -0.39 is 11.8 Å². The molecule has 2 aliphatic rings. The maximum atomic E-state index is 13.7. The Morgan fingerprint density at radius 3 is 2.55 bits per heavy atom. The predicted octanol–water partition coefficient (Wildman–Crippen LogP) is 2.50. The standard InChI is InChI=1S/C17H21FN2O2/c1-12-6-7-14(10-15(12)18)20-9-8-19(16(21)17(20)22)11-13-4-2-3-5-13/h6-7,10,13H,2-5,8-9,11H2,1H3. The minimum Gasteiger partial charge on any atom is -0.332 e. The van der Waals surface area contributed by atoms with Crippen LogP contribution in [0.4, 0.5) is 10.1 Å². The zero-order valence-electron chi connectivity index (χ0n) is 12.8. The van der Waals surface area contributed by atoms with Crippen LogP contribution in [0.3, 0.4) is 0 Å². The number of aryl methyl sites for hydroxylation is 1. The lowest BCUT2D eigenvalue weighted by molar-refractivity contribution is -0.146. The van der Waals surface area contributed by atoms with Crippen molar-refractivity contribution in [2.24, 2.45) is 5.92 Å². The molecule has 1 saturated carbocycles. The van der Waals surface area contributed by atoms with Gasteiger partial charge in [0.2, 0.25) is 0 Å². The summed E-state index contributed by atoms with van der Waals surface area (Å²) in [6, 6.07) is 4.65. The average Bonchev–Trinajstić information content (AvgIpc) is 3.00. The SMILES string of the molecule is Cc1ccc(N2CCN(CC3CCCC3)C(=O)C2=O)cc1F. The van der Waals surface area contributed by atoms with Crippen LogP contribution in [0.15, 0.2) is 18.2 Å². The Bertz CT molecular complexity index is 596. The van der Waals surface area contributed by atoms with E-state index in [0.717, 1.165) is 12.8 Å². The van der Waals surface area contributed by atoms with Gasteiger partial charge in [0.05, 0.1) is 0 Å². The molecule has 5 heteroatoms. The van der Waals surface area contributed by atoms with Gasteiger partial charge in [0.1, 0.15) is 5.82 Å². The van der Waals surface area contributed by atoms with Gasteiger partial charge < -0.3 is 9.80 Å². The highest BCUT2D eigenvalue weighted by molar-refractivity contribution is 6.41. The van der Waals surface area contributed by atoms with Crippen molar-refractivity contribution in [1.29, 1.82) is 0 Å². The maximum absolute atomic E-state index is 13.7. The van der Waals surface area contributed by atoms with Crippen molar-refractivity contribution >= 4 is 17.5 Å². The van der Waals surface area contributed by atoms with Gasteiger partial charge in [-0.1, -0.05) is 18.9 Å². The van der Waals surface area contributed by atoms with E-state index in [4.69, 9.17) is 0 Å². The van der Waals surface area contributed by atoms with E-state index >= 15 is 0 Å². The largest absolute Gasteiger partial charge is 0.332 e. The first kappa shape index (κ1) is 15.0. The fourth-order valence-electron chi connectivity index (χ4n) is 3.35. The monoisotopic (exact) mass is 304 g/mol. The number of anilines is 1. The smallest absolute Gasteiger partial charge is 0.316 e. The number of benzene rings is 1. The summed E-state index contributed by atoms with van der Waals surface area (Å²) in [5, 5.41) is 0. The second-order valence-corrected chi connectivity index (χ2v) is 6.29. The van der Waals surface area contributed by atoms with Crippen LogP contribution >= 0.6 is 0 Å². The Labute approximate surface area is 129 Å². The van der Waals surface area contributed by atoms with Crippen LogP contribution in [-0.4, -0.2) is 36.3 Å². The number of carbonyl (C=O) groups is 2. The number of hydrogen-bond acceptors (Lipinski definition) is 2. The third-order valence-corrected chi connectivity index (χ3v) is 4.73. The van der Waals surface area contributed by atoms with Crippen molar-refractivity contribution < 1.29 is 14.0 Å². The third-order valence-electron chi connectivity index (χ3n) is 4.73. The van der Waals surface area contributed by atoms with Gasteiger partial charge in [-0.25, -0.2) is 4.39 Å². The molecule has 1 aromatic carbocycles. The lowest BCUT2D eigenvalue weighted by Gasteiger charge is -2.35. The zero-order valence-corrected chi connectivity index (χ0v) is 12.8. The van der Waals surface area contributed by atoms with Gasteiger partial charge in [-0.15, -0.1) is 0 Å². The number of amides is 2. The Balaban J connectivity index is 1.71. The number of rotatable bonds is 3. The molecular weight excluding hydrogens is 283 g/mol. The molecule has 0 N–H and O–H groups in total. The van der Waals surface area contributed by atoms with Gasteiger partial charge in [0, 0.05) is 25.3 Å². The first-order valence-electron chi connectivity index (χ1n) is 7.93. The van der Waals surface area contributed by atoms with Gasteiger partial charge in [-0.3, -0.25) is 9.59 Å². The molecule has 0 aromatic heterocycles. The summed E-state index contributed by atoms with van der Waals surface area (Å²) in [5.41, 5.74) is 0.990. The van der Waals surface area contributed by atoms with Crippen molar-refractivity contribution in [3.05, 3.63) is 29.6 Å². The van der Waals surface area contributed by atoms with E-state index in [1.54, 1.807) is 24.0 Å². The van der Waals surface area contributed by atoms with Crippen molar-refractivity contribution in [3.63, 3.8) is 0 Å². The lowest BCUT2D eigenvalue weighted by Crippen LogP contribution is -2.55. The molecule has 1 aliphatic carbocycles. The first-order valence-corrected chi connectivity index (χ1v) is 7.93. The minimum absolute atomic E-state index is 0.355. The third kappa shape index (κ3) is 2.85. The second kappa shape index (κ2) is 6.07. The van der Waals surface area contributed by atoms with Crippen molar-refractivity contribution in [3.8, 4) is 0 Å². The molecule has 118 valence electrons. The van der Waals surface area contributed by atoms with Crippen LogP contribution in [0.2, 0.25) is 0 Å². The number of nitrogens with zero attached hydrogens (tertiary/aromatic N) is 2. The first-order chi connectivity index (χ1) is 10.6. The molecule has 0 unspecified atom stereocenters. The highest BCUT2D eigenvalue weighted by Gasteiger charge is 2.34. The molecule has 0 atom stereocenters. The van der Waals surface area contributed by atoms with Crippen molar-refractivity contribution in [1.82, 2.24) is 4.90 Å². The molecule has 1 aromatic rings. The van der Waals surface area contributed by atoms with Crippen LogP contribution in [0.25, 0.3) is 0 Å². The van der Waals surface area contributed by atoms with Crippen LogP contribution in [0.5, 0.6) is 0 Å². The molecule has 0 bridgehead atoms. The van der Waals surface area contributed by atoms with Gasteiger partial charge in [-0.2, -0.15) is 0 Å². The summed E-state index contributed by atoms with van der Waals surface area (Å²) in [4.78, 5) is 27.7. The Hall–Kier alpha value is -1.91. The molecule has 4 nitrogen and oxygen atoms in total. The number of carbonyl (C=O) groups excluding carboxylic acids is 2. The van der Waals surface area contributed by atoms with Gasteiger partial charge in [-0.05, 0) is 43.4 Å². The Morgan fingerprint density at radius 2 is 1.86 bits per heavy atom. The lowest BCUT2D eigenvalue weighted by atomic mass is 10.1. The molecule has 0 radical (unpaired) electrons. The molecule has 1 saturated heterocycles. The fraction of sp³-hybridized carbons (Fsp3) is 0.529. The highest BCUT2D eigenvalue weighted by atomic mass is 19.1. The van der Waals surface area contributed by atoms with Crippen LogP contribution in [-0.2, 0) is 9.59 Å². The van der Waals surface area contributed by atoms with Gasteiger partial charge >= 0.3 is 11.8 Å². The normalized spacial score (nSPS) is 20.1. The molecule has 2 fully saturated rings. The minimum atomic E-state index is -0.549. The molecule has 1 aliphatic heterocycles. The van der Waals surface area contributed by atoms with E-state index in [0.29, 0.717) is 36.8 Å². The summed E-state index contributed by atoms with van der Waals surface area (Å²) in [6.45, 7) is 3.31. The Kier molecular flexibility index (Phi) is 4.14. The van der Waals surface area contributed by atoms with Gasteiger partial charge in [0.25, 0.3) is 0 Å². The van der Waals surface area contributed by atoms with E-state index in [2.05, 4.69) is 0 Å². The summed E-state index contributed by atoms with van der Waals surface area (Å²) >= 11 is 0. The van der Waals surface area contributed by atoms with Gasteiger partial charge in [0.15, 0.2) is 0 Å². The molecule has 3 rings (SSSR count). The summed E-state index contributed by atoms with van der Waals surface area (Å²) in [6.07, 6.45) is 4.72.